The summed E-state index contributed by atoms with van der Waals surface area (Å²) >= 11 is 0. The van der Waals surface area contributed by atoms with E-state index in [-0.39, 0.29) is 16.7 Å². The van der Waals surface area contributed by atoms with Crippen LogP contribution in [0.1, 0.15) is 5.56 Å². The molecule has 0 bridgehead atoms. The zero-order valence-corrected chi connectivity index (χ0v) is 13.9. The van der Waals surface area contributed by atoms with Crippen LogP contribution in [-0.4, -0.2) is 39.4 Å². The van der Waals surface area contributed by atoms with Crippen LogP contribution < -0.4 is 5.43 Å². The summed E-state index contributed by atoms with van der Waals surface area (Å²) in [4.78, 5) is -0.216. The van der Waals surface area contributed by atoms with Crippen molar-refractivity contribution in [2.24, 2.45) is 15.3 Å². The monoisotopic (exact) mass is 372 g/mol. The summed E-state index contributed by atoms with van der Waals surface area (Å²) in [5, 5.41) is 25.0. The molecule has 0 aliphatic rings. The molecule has 1 heterocycles. The van der Waals surface area contributed by atoms with E-state index in [4.69, 9.17) is 4.55 Å². The fraction of sp³-hybridized carbons (Fsp3) is 0. The van der Waals surface area contributed by atoms with Crippen molar-refractivity contribution in [3.8, 4) is 0 Å². The predicted octanol–water partition coefficient (Wildman–Crippen LogP) is 2.00. The predicted molar refractivity (Wildman–Crippen MR) is 91.6 cm³/mol. The smallest absolute Gasteiger partial charge is 0.282 e. The molecular formula is C14H12N8O3S. The summed E-state index contributed by atoms with van der Waals surface area (Å²) in [6.07, 6.45) is 0. The fourth-order valence-corrected chi connectivity index (χ4v) is 2.32. The molecule has 3 aromatic rings. The first kappa shape index (κ1) is 17.3. The van der Waals surface area contributed by atoms with E-state index in [1.807, 2.05) is 18.2 Å². The minimum absolute atomic E-state index is 0.0473. The van der Waals surface area contributed by atoms with Crippen LogP contribution in [0.2, 0.25) is 0 Å². The van der Waals surface area contributed by atoms with Crippen LogP contribution in [0.15, 0.2) is 74.8 Å². The highest BCUT2D eigenvalue weighted by Gasteiger charge is 2.08. The molecule has 2 aromatic carbocycles. The van der Waals surface area contributed by atoms with Gasteiger partial charge in [-0.05, 0) is 29.5 Å². The number of hydrazone groups is 1. The first-order valence-corrected chi connectivity index (χ1v) is 8.58. The van der Waals surface area contributed by atoms with Crippen molar-refractivity contribution < 1.29 is 13.0 Å². The maximum absolute atomic E-state index is 11.1. The molecule has 0 unspecified atom stereocenters. The van der Waals surface area contributed by atoms with Crippen LogP contribution in [0.3, 0.4) is 0 Å². The van der Waals surface area contributed by atoms with E-state index in [2.05, 4.69) is 41.4 Å². The van der Waals surface area contributed by atoms with Gasteiger partial charge in [0.1, 0.15) is 0 Å². The number of azo groups is 1. The van der Waals surface area contributed by atoms with Crippen molar-refractivity contribution in [3.63, 3.8) is 0 Å². The molecule has 0 amide bonds. The van der Waals surface area contributed by atoms with Gasteiger partial charge < -0.3 is 0 Å². The Morgan fingerprint density at radius 1 is 1.08 bits per heavy atom. The maximum Gasteiger partial charge on any atom is 0.307 e. The second-order valence-corrected chi connectivity index (χ2v) is 6.25. The Bertz CT molecular complexity index is 1020. The molecule has 0 spiro atoms. The van der Waals surface area contributed by atoms with E-state index in [0.717, 1.165) is 0 Å². The number of amidine groups is 1. The van der Waals surface area contributed by atoms with Gasteiger partial charge in [0.15, 0.2) is 0 Å². The second-order valence-electron chi connectivity index (χ2n) is 4.82. The third-order valence-electron chi connectivity index (χ3n) is 3.04. The minimum atomic E-state index is -4.25. The standard InChI is InChI=1S/C14H12N8O3S/c23-26(24,25)12-8-6-11(7-9-12)15-16-13(10-4-2-1-3-5-10)17-18-14-19-21-22-20-14/h1-9,15H,(H,23,24,25)(H,19,20,21,22). The topological polar surface area (TPSA) is 158 Å². The third-order valence-corrected chi connectivity index (χ3v) is 3.91. The number of aromatic amines is 1. The maximum atomic E-state index is 11.1. The molecule has 11 nitrogen and oxygen atoms in total. The second kappa shape index (κ2) is 7.58. The minimum Gasteiger partial charge on any atom is -0.282 e. The average molecular weight is 372 g/mol. The number of aromatic nitrogens is 4. The number of nitrogens with one attached hydrogen (secondary N) is 2. The Balaban J connectivity index is 1.84. The molecule has 0 aliphatic heterocycles. The van der Waals surface area contributed by atoms with Crippen LogP contribution in [0.25, 0.3) is 0 Å². The van der Waals surface area contributed by atoms with Crippen molar-refractivity contribution in [2.75, 3.05) is 5.43 Å². The average Bonchev–Trinajstić information content (AvgIpc) is 3.16. The van der Waals surface area contributed by atoms with E-state index in [9.17, 15) is 8.42 Å². The third kappa shape index (κ3) is 4.52. The Labute approximate surface area is 147 Å². The van der Waals surface area contributed by atoms with E-state index in [1.54, 1.807) is 12.1 Å². The molecule has 3 rings (SSSR count). The Morgan fingerprint density at radius 3 is 2.42 bits per heavy atom. The highest BCUT2D eigenvalue weighted by Crippen LogP contribution is 2.14. The summed E-state index contributed by atoms with van der Waals surface area (Å²) in [6.45, 7) is 0. The van der Waals surface area contributed by atoms with Gasteiger partial charge in [-0.1, -0.05) is 35.4 Å². The van der Waals surface area contributed by atoms with Gasteiger partial charge in [-0.2, -0.15) is 18.7 Å². The van der Waals surface area contributed by atoms with Crippen LogP contribution >= 0.6 is 0 Å². The molecule has 0 atom stereocenters. The Hall–Kier alpha value is -3.51. The number of hydrogen-bond acceptors (Lipinski definition) is 8. The lowest BCUT2D eigenvalue weighted by atomic mass is 10.2. The number of H-pyrrole nitrogens is 1. The molecule has 0 radical (unpaired) electrons. The number of tetrazole rings is 1. The van der Waals surface area contributed by atoms with Crippen molar-refractivity contribution in [1.29, 1.82) is 0 Å². The first-order valence-electron chi connectivity index (χ1n) is 7.14. The molecule has 0 fully saturated rings. The number of hydrogen-bond donors (Lipinski definition) is 3. The molecule has 0 saturated heterocycles. The number of benzene rings is 2. The van der Waals surface area contributed by atoms with Gasteiger partial charge >= 0.3 is 5.95 Å². The Kier molecular flexibility index (Phi) is 5.05. The highest BCUT2D eigenvalue weighted by atomic mass is 32.2. The van der Waals surface area contributed by atoms with Crippen molar-refractivity contribution in [2.45, 2.75) is 4.90 Å². The Morgan fingerprint density at radius 2 is 1.81 bits per heavy atom. The molecule has 0 aliphatic carbocycles. The van der Waals surface area contributed by atoms with Gasteiger partial charge in [-0.15, -0.1) is 15.3 Å². The number of anilines is 1. The van der Waals surface area contributed by atoms with E-state index >= 15 is 0 Å². The zero-order chi connectivity index (χ0) is 18.4. The molecule has 132 valence electrons. The summed E-state index contributed by atoms with van der Waals surface area (Å²) in [5.74, 6) is 0.292. The van der Waals surface area contributed by atoms with Crippen molar-refractivity contribution in [3.05, 3.63) is 60.2 Å². The quantitative estimate of drug-likeness (QED) is 0.203. The normalized spacial score (nSPS) is 12.4. The van der Waals surface area contributed by atoms with Crippen molar-refractivity contribution >= 4 is 27.6 Å². The molecule has 1 aromatic heterocycles. The van der Waals surface area contributed by atoms with Gasteiger partial charge in [0.25, 0.3) is 10.1 Å². The van der Waals surface area contributed by atoms with Gasteiger partial charge in [-0.25, -0.2) is 0 Å². The summed E-state index contributed by atoms with van der Waals surface area (Å²) in [7, 11) is -4.25. The lowest BCUT2D eigenvalue weighted by molar-refractivity contribution is 0.483. The molecule has 26 heavy (non-hydrogen) atoms. The van der Waals surface area contributed by atoms with E-state index < -0.39 is 10.1 Å². The SMILES string of the molecule is O=S(=O)(O)c1ccc(NN=C(N=Nc2nn[nH]n2)c2ccccc2)cc1. The fourth-order valence-electron chi connectivity index (χ4n) is 1.84. The molecular weight excluding hydrogens is 360 g/mol. The molecule has 3 N–H and O–H groups in total. The van der Waals surface area contributed by atoms with Crippen LogP contribution in [0.5, 0.6) is 0 Å². The largest absolute Gasteiger partial charge is 0.307 e. The van der Waals surface area contributed by atoms with Crippen molar-refractivity contribution in [1.82, 2.24) is 20.6 Å². The zero-order valence-electron chi connectivity index (χ0n) is 13.1. The van der Waals surface area contributed by atoms with Crippen LogP contribution in [0, 0.1) is 0 Å². The van der Waals surface area contributed by atoms with Gasteiger partial charge in [0.2, 0.25) is 5.84 Å². The lowest BCUT2D eigenvalue weighted by Gasteiger charge is -2.04. The van der Waals surface area contributed by atoms with Gasteiger partial charge in [0, 0.05) is 5.56 Å². The molecule has 12 heteroatoms. The van der Waals surface area contributed by atoms with Gasteiger partial charge in [-0.3, -0.25) is 9.98 Å². The highest BCUT2D eigenvalue weighted by molar-refractivity contribution is 7.85. The lowest BCUT2D eigenvalue weighted by Crippen LogP contribution is -2.02. The van der Waals surface area contributed by atoms with Gasteiger partial charge in [0.05, 0.1) is 10.6 Å². The van der Waals surface area contributed by atoms with Crippen LogP contribution in [0.4, 0.5) is 11.6 Å². The summed E-state index contributed by atoms with van der Waals surface area (Å²) in [5.41, 5.74) is 3.91. The first-order chi connectivity index (χ1) is 12.5. The van der Waals surface area contributed by atoms with E-state index in [1.165, 1.54) is 24.3 Å². The summed E-state index contributed by atoms with van der Waals surface area (Å²) < 4.78 is 31.1. The summed E-state index contributed by atoms with van der Waals surface area (Å²) in [6, 6.07) is 14.4. The number of rotatable bonds is 5. The molecule has 0 saturated carbocycles. The van der Waals surface area contributed by atoms with Crippen LogP contribution in [-0.2, 0) is 10.1 Å². The number of nitrogens with zero attached hydrogens (tertiary/aromatic N) is 6. The van der Waals surface area contributed by atoms with E-state index in [0.29, 0.717) is 11.3 Å².